The lowest BCUT2D eigenvalue weighted by atomic mass is 10.0. The second kappa shape index (κ2) is 5.58. The third-order valence-electron chi connectivity index (χ3n) is 3.49. The molecule has 0 bridgehead atoms. The highest BCUT2D eigenvalue weighted by molar-refractivity contribution is 6.35. The first-order valence-electron chi connectivity index (χ1n) is 6.45. The lowest BCUT2D eigenvalue weighted by Gasteiger charge is -2.07. The quantitative estimate of drug-likeness (QED) is 0.562. The Morgan fingerprint density at radius 2 is 1.83 bits per heavy atom. The number of hydrogen-bond acceptors (Lipinski definition) is 1. The van der Waals surface area contributed by atoms with E-state index in [0.717, 1.165) is 6.07 Å². The Morgan fingerprint density at radius 3 is 2.48 bits per heavy atom. The molecular formula is C16H8Cl2F3NO. The molecule has 0 radical (unpaired) electrons. The van der Waals surface area contributed by atoms with Crippen molar-refractivity contribution in [3.05, 3.63) is 57.6 Å². The first-order valence-corrected chi connectivity index (χ1v) is 7.21. The van der Waals surface area contributed by atoms with Crippen LogP contribution in [0.15, 0.2) is 36.4 Å². The molecule has 0 spiro atoms. The standard InChI is InChI=1S/C16H8Cl2F3NO/c17-8-4-5-13(18)10(6-8)14-11(7-23)9-2-1-3-12(15(9)22-14)16(19,20)21/h1-7,22H. The van der Waals surface area contributed by atoms with Crippen molar-refractivity contribution in [3.63, 3.8) is 0 Å². The van der Waals surface area contributed by atoms with Gasteiger partial charge in [0.25, 0.3) is 0 Å². The summed E-state index contributed by atoms with van der Waals surface area (Å²) in [4.78, 5) is 14.1. The number of hydrogen-bond donors (Lipinski definition) is 1. The van der Waals surface area contributed by atoms with E-state index in [-0.39, 0.29) is 27.2 Å². The van der Waals surface area contributed by atoms with Gasteiger partial charge in [0.15, 0.2) is 6.29 Å². The molecule has 2 aromatic carbocycles. The largest absolute Gasteiger partial charge is 0.418 e. The fourth-order valence-electron chi connectivity index (χ4n) is 2.50. The van der Waals surface area contributed by atoms with Crippen molar-refractivity contribution in [3.8, 4) is 11.3 Å². The van der Waals surface area contributed by atoms with E-state index in [9.17, 15) is 18.0 Å². The van der Waals surface area contributed by atoms with E-state index < -0.39 is 11.7 Å². The Kier molecular flexibility index (Phi) is 3.86. The van der Waals surface area contributed by atoms with Gasteiger partial charge in [-0.2, -0.15) is 13.2 Å². The number of benzene rings is 2. The molecule has 1 N–H and O–H groups in total. The van der Waals surface area contributed by atoms with Gasteiger partial charge in [0.2, 0.25) is 0 Å². The number of aromatic amines is 1. The van der Waals surface area contributed by atoms with Crippen LogP contribution in [-0.2, 0) is 6.18 Å². The monoisotopic (exact) mass is 357 g/mol. The zero-order valence-electron chi connectivity index (χ0n) is 11.3. The number of aromatic nitrogens is 1. The summed E-state index contributed by atoms with van der Waals surface area (Å²) in [6, 6.07) is 8.23. The molecular weight excluding hydrogens is 350 g/mol. The zero-order valence-corrected chi connectivity index (χ0v) is 12.9. The minimum absolute atomic E-state index is 0.107. The number of aldehydes is 1. The smallest absolute Gasteiger partial charge is 0.353 e. The van der Waals surface area contributed by atoms with Gasteiger partial charge in [0, 0.05) is 21.5 Å². The number of carbonyl (C=O) groups is 1. The van der Waals surface area contributed by atoms with Gasteiger partial charge >= 0.3 is 6.18 Å². The average molecular weight is 358 g/mol. The van der Waals surface area contributed by atoms with Gasteiger partial charge in [0.1, 0.15) is 0 Å². The number of rotatable bonds is 2. The van der Waals surface area contributed by atoms with Crippen LogP contribution in [0.25, 0.3) is 22.2 Å². The van der Waals surface area contributed by atoms with Crippen LogP contribution in [0.4, 0.5) is 13.2 Å². The predicted octanol–water partition coefficient (Wildman–Crippen LogP) is 5.97. The van der Waals surface area contributed by atoms with Gasteiger partial charge < -0.3 is 4.98 Å². The van der Waals surface area contributed by atoms with Crippen molar-refractivity contribution >= 4 is 40.4 Å². The molecule has 0 fully saturated rings. The molecule has 118 valence electrons. The number of nitrogens with one attached hydrogen (secondary N) is 1. The fraction of sp³-hybridized carbons (Fsp3) is 0.0625. The van der Waals surface area contributed by atoms with Crippen LogP contribution in [0.3, 0.4) is 0 Å². The van der Waals surface area contributed by atoms with Crippen molar-refractivity contribution in [2.24, 2.45) is 0 Å². The SMILES string of the molecule is O=Cc1c(-c2cc(Cl)ccc2Cl)[nH]c2c(C(F)(F)F)cccc12. The Labute approximate surface area is 138 Å². The number of carbonyl (C=O) groups excluding carboxylic acids is 1. The summed E-state index contributed by atoms with van der Waals surface area (Å²) in [6.45, 7) is 0. The van der Waals surface area contributed by atoms with Gasteiger partial charge in [-0.15, -0.1) is 0 Å². The van der Waals surface area contributed by atoms with E-state index in [4.69, 9.17) is 23.2 Å². The Bertz CT molecular complexity index is 916. The summed E-state index contributed by atoms with van der Waals surface area (Å²) in [5.74, 6) is 0. The summed E-state index contributed by atoms with van der Waals surface area (Å²) < 4.78 is 39.5. The summed E-state index contributed by atoms with van der Waals surface area (Å²) in [7, 11) is 0. The van der Waals surface area contributed by atoms with E-state index in [1.54, 1.807) is 6.07 Å². The van der Waals surface area contributed by atoms with Crippen LogP contribution in [0.2, 0.25) is 10.0 Å². The molecule has 0 aliphatic heterocycles. The molecule has 0 unspecified atom stereocenters. The van der Waals surface area contributed by atoms with Crippen molar-refractivity contribution in [1.82, 2.24) is 4.98 Å². The van der Waals surface area contributed by atoms with Crippen LogP contribution in [-0.4, -0.2) is 11.3 Å². The van der Waals surface area contributed by atoms with E-state index in [1.807, 2.05) is 0 Å². The molecule has 1 aromatic heterocycles. The Hall–Kier alpha value is -1.98. The fourth-order valence-corrected chi connectivity index (χ4v) is 2.88. The third-order valence-corrected chi connectivity index (χ3v) is 4.06. The van der Waals surface area contributed by atoms with Crippen molar-refractivity contribution in [2.75, 3.05) is 0 Å². The first kappa shape index (κ1) is 15.9. The summed E-state index contributed by atoms with van der Waals surface area (Å²) in [5, 5.41) is 0.814. The molecule has 3 aromatic rings. The molecule has 3 rings (SSSR count). The van der Waals surface area contributed by atoms with Crippen LogP contribution in [0.5, 0.6) is 0 Å². The number of alkyl halides is 3. The van der Waals surface area contributed by atoms with E-state index in [2.05, 4.69) is 4.98 Å². The first-order chi connectivity index (χ1) is 10.8. The van der Waals surface area contributed by atoms with Gasteiger partial charge in [-0.25, -0.2) is 0 Å². The minimum atomic E-state index is -4.54. The van der Waals surface area contributed by atoms with Crippen molar-refractivity contribution in [2.45, 2.75) is 6.18 Å². The van der Waals surface area contributed by atoms with E-state index in [1.165, 1.54) is 24.3 Å². The summed E-state index contributed by atoms with van der Waals surface area (Å²) >= 11 is 12.0. The van der Waals surface area contributed by atoms with Crippen molar-refractivity contribution in [1.29, 1.82) is 0 Å². The maximum absolute atomic E-state index is 13.2. The van der Waals surface area contributed by atoms with Crippen LogP contribution in [0.1, 0.15) is 15.9 Å². The highest BCUT2D eigenvalue weighted by Crippen LogP contribution is 2.40. The van der Waals surface area contributed by atoms with E-state index in [0.29, 0.717) is 16.9 Å². The van der Waals surface area contributed by atoms with E-state index >= 15 is 0 Å². The van der Waals surface area contributed by atoms with Gasteiger partial charge in [0.05, 0.1) is 21.8 Å². The molecule has 0 aliphatic rings. The van der Waals surface area contributed by atoms with Crippen LogP contribution in [0, 0.1) is 0 Å². The molecule has 2 nitrogen and oxygen atoms in total. The number of para-hydroxylation sites is 1. The maximum atomic E-state index is 13.2. The van der Waals surface area contributed by atoms with Gasteiger partial charge in [-0.3, -0.25) is 4.79 Å². The Morgan fingerprint density at radius 1 is 1.09 bits per heavy atom. The molecule has 0 aliphatic carbocycles. The molecule has 1 heterocycles. The summed E-state index contributed by atoms with van der Waals surface area (Å²) in [5.41, 5.74) is -0.323. The normalized spacial score (nSPS) is 11.9. The number of H-pyrrole nitrogens is 1. The highest BCUT2D eigenvalue weighted by Gasteiger charge is 2.34. The molecule has 0 saturated carbocycles. The summed E-state index contributed by atoms with van der Waals surface area (Å²) in [6.07, 6.45) is -4.04. The number of fused-ring (bicyclic) bond motifs is 1. The van der Waals surface area contributed by atoms with Crippen LogP contribution >= 0.6 is 23.2 Å². The minimum Gasteiger partial charge on any atom is -0.353 e. The van der Waals surface area contributed by atoms with Gasteiger partial charge in [-0.05, 0) is 24.3 Å². The van der Waals surface area contributed by atoms with Crippen LogP contribution < -0.4 is 0 Å². The number of halogens is 5. The zero-order chi connectivity index (χ0) is 16.8. The molecule has 23 heavy (non-hydrogen) atoms. The Balaban J connectivity index is 2.39. The van der Waals surface area contributed by atoms with Crippen molar-refractivity contribution < 1.29 is 18.0 Å². The predicted molar refractivity (Wildman–Crippen MR) is 84.1 cm³/mol. The molecule has 0 amide bonds. The molecule has 7 heteroatoms. The third kappa shape index (κ3) is 2.71. The molecule has 0 saturated heterocycles. The highest BCUT2D eigenvalue weighted by atomic mass is 35.5. The lowest BCUT2D eigenvalue weighted by molar-refractivity contribution is -0.136. The van der Waals surface area contributed by atoms with Gasteiger partial charge in [-0.1, -0.05) is 35.3 Å². The maximum Gasteiger partial charge on any atom is 0.418 e. The molecule has 0 atom stereocenters. The average Bonchev–Trinajstić information content (AvgIpc) is 2.86. The topological polar surface area (TPSA) is 32.9 Å². The lowest BCUT2D eigenvalue weighted by Crippen LogP contribution is -2.05. The second-order valence-electron chi connectivity index (χ2n) is 4.88. The second-order valence-corrected chi connectivity index (χ2v) is 5.73.